The van der Waals surface area contributed by atoms with Gasteiger partial charge in [0.2, 0.25) is 0 Å². The first-order valence-corrected chi connectivity index (χ1v) is 8.94. The SMILES string of the molecule is CN=C(NCc1ccc(N2CCCC2)nc1)NCc1cccc(C)c1.I. The van der Waals surface area contributed by atoms with E-state index in [1.165, 1.54) is 24.0 Å². The molecule has 0 saturated carbocycles. The van der Waals surface area contributed by atoms with Crippen LogP contribution in [0.4, 0.5) is 5.82 Å². The number of nitrogens with zero attached hydrogens (tertiary/aromatic N) is 3. The first-order chi connectivity index (χ1) is 12.2. The van der Waals surface area contributed by atoms with Crippen LogP contribution < -0.4 is 15.5 Å². The Hall–Kier alpha value is -1.83. The van der Waals surface area contributed by atoms with Gasteiger partial charge < -0.3 is 15.5 Å². The molecule has 0 unspecified atom stereocenters. The standard InChI is InChI=1S/C20H27N5.HI/c1-16-6-5-7-17(12-16)13-23-20(21-2)24-15-18-8-9-19(22-14-18)25-10-3-4-11-25;/h5-9,12,14H,3-4,10-11,13,15H2,1-2H3,(H2,21,23,24);1H. The van der Waals surface area contributed by atoms with E-state index in [4.69, 9.17) is 0 Å². The Balaban J connectivity index is 0.00000243. The number of benzene rings is 1. The van der Waals surface area contributed by atoms with Crippen molar-refractivity contribution in [2.75, 3.05) is 25.0 Å². The molecule has 1 aliphatic heterocycles. The van der Waals surface area contributed by atoms with Crippen LogP contribution in [0.3, 0.4) is 0 Å². The highest BCUT2D eigenvalue weighted by molar-refractivity contribution is 14.0. The van der Waals surface area contributed by atoms with Gasteiger partial charge in [0, 0.05) is 39.4 Å². The van der Waals surface area contributed by atoms with Crippen LogP contribution in [-0.4, -0.2) is 31.1 Å². The summed E-state index contributed by atoms with van der Waals surface area (Å²) in [6, 6.07) is 12.7. The lowest BCUT2D eigenvalue weighted by Gasteiger charge is -2.16. The molecule has 1 saturated heterocycles. The van der Waals surface area contributed by atoms with Crippen LogP contribution in [0.25, 0.3) is 0 Å². The molecule has 5 nitrogen and oxygen atoms in total. The predicted molar refractivity (Wildman–Crippen MR) is 119 cm³/mol. The second kappa shape index (κ2) is 10.4. The molecule has 0 radical (unpaired) electrons. The van der Waals surface area contributed by atoms with Gasteiger partial charge in [-0.25, -0.2) is 4.98 Å². The number of aromatic nitrogens is 1. The summed E-state index contributed by atoms with van der Waals surface area (Å²) in [5.41, 5.74) is 3.67. The van der Waals surface area contributed by atoms with Crippen molar-refractivity contribution in [2.45, 2.75) is 32.9 Å². The van der Waals surface area contributed by atoms with Crippen molar-refractivity contribution in [3.63, 3.8) is 0 Å². The molecule has 0 atom stereocenters. The highest BCUT2D eigenvalue weighted by Gasteiger charge is 2.12. The maximum Gasteiger partial charge on any atom is 0.191 e. The van der Waals surface area contributed by atoms with E-state index in [1.54, 1.807) is 7.05 Å². The van der Waals surface area contributed by atoms with Crippen LogP contribution in [0.1, 0.15) is 29.5 Å². The zero-order valence-electron chi connectivity index (χ0n) is 15.5. The molecule has 1 aromatic carbocycles. The molecule has 1 aromatic heterocycles. The monoisotopic (exact) mass is 465 g/mol. The normalized spacial score (nSPS) is 14.1. The lowest BCUT2D eigenvalue weighted by atomic mass is 10.1. The number of aryl methyl sites for hydroxylation is 1. The molecule has 1 aliphatic rings. The average molecular weight is 465 g/mol. The predicted octanol–water partition coefficient (Wildman–Crippen LogP) is 3.47. The minimum absolute atomic E-state index is 0. The molecule has 1 fully saturated rings. The van der Waals surface area contributed by atoms with Gasteiger partial charge in [-0.05, 0) is 37.0 Å². The average Bonchev–Trinajstić information content (AvgIpc) is 3.17. The van der Waals surface area contributed by atoms with Crippen molar-refractivity contribution in [2.24, 2.45) is 4.99 Å². The van der Waals surface area contributed by atoms with Crippen LogP contribution in [0, 0.1) is 6.92 Å². The number of aliphatic imine (C=N–C) groups is 1. The number of anilines is 1. The third kappa shape index (κ3) is 5.86. The van der Waals surface area contributed by atoms with E-state index >= 15 is 0 Å². The Kier molecular flexibility index (Phi) is 8.15. The smallest absolute Gasteiger partial charge is 0.191 e. The Bertz CT molecular complexity index is 708. The Morgan fingerprint density at radius 3 is 2.42 bits per heavy atom. The van der Waals surface area contributed by atoms with E-state index in [0.717, 1.165) is 37.0 Å². The summed E-state index contributed by atoms with van der Waals surface area (Å²) in [6.07, 6.45) is 4.50. The summed E-state index contributed by atoms with van der Waals surface area (Å²) in [5, 5.41) is 6.69. The molecule has 3 rings (SSSR count). The van der Waals surface area contributed by atoms with Crippen LogP contribution in [0.15, 0.2) is 47.6 Å². The highest BCUT2D eigenvalue weighted by Crippen LogP contribution is 2.17. The van der Waals surface area contributed by atoms with Crippen molar-refractivity contribution >= 4 is 35.8 Å². The van der Waals surface area contributed by atoms with Gasteiger partial charge in [0.05, 0.1) is 0 Å². The second-order valence-electron chi connectivity index (χ2n) is 6.49. The minimum atomic E-state index is 0. The van der Waals surface area contributed by atoms with Gasteiger partial charge in [-0.3, -0.25) is 4.99 Å². The molecule has 2 aromatic rings. The van der Waals surface area contributed by atoms with Gasteiger partial charge in [-0.1, -0.05) is 35.9 Å². The lowest BCUT2D eigenvalue weighted by molar-refractivity contribution is 0.805. The van der Waals surface area contributed by atoms with Crippen molar-refractivity contribution in [3.8, 4) is 0 Å². The lowest BCUT2D eigenvalue weighted by Crippen LogP contribution is -2.36. The summed E-state index contributed by atoms with van der Waals surface area (Å²) in [6.45, 7) is 5.82. The number of rotatable bonds is 5. The molecular weight excluding hydrogens is 437 g/mol. The van der Waals surface area contributed by atoms with Crippen molar-refractivity contribution in [3.05, 3.63) is 59.3 Å². The van der Waals surface area contributed by atoms with Crippen LogP contribution >= 0.6 is 24.0 Å². The number of hydrogen-bond acceptors (Lipinski definition) is 3. The summed E-state index contributed by atoms with van der Waals surface area (Å²) >= 11 is 0. The van der Waals surface area contributed by atoms with E-state index in [2.05, 4.69) is 68.8 Å². The van der Waals surface area contributed by atoms with Gasteiger partial charge in [0.1, 0.15) is 5.82 Å². The quantitative estimate of drug-likeness (QED) is 0.404. The van der Waals surface area contributed by atoms with E-state index in [9.17, 15) is 0 Å². The zero-order chi connectivity index (χ0) is 17.5. The number of guanidine groups is 1. The van der Waals surface area contributed by atoms with Gasteiger partial charge in [0.15, 0.2) is 5.96 Å². The fraction of sp³-hybridized carbons (Fsp3) is 0.400. The van der Waals surface area contributed by atoms with E-state index in [-0.39, 0.29) is 24.0 Å². The highest BCUT2D eigenvalue weighted by atomic mass is 127. The molecular formula is C20H28IN5. The molecule has 0 spiro atoms. The fourth-order valence-corrected chi connectivity index (χ4v) is 3.07. The molecule has 0 aliphatic carbocycles. The number of halogens is 1. The third-order valence-corrected chi connectivity index (χ3v) is 4.47. The molecule has 6 heteroatoms. The minimum Gasteiger partial charge on any atom is -0.357 e. The molecule has 140 valence electrons. The molecule has 0 amide bonds. The van der Waals surface area contributed by atoms with Crippen molar-refractivity contribution in [1.82, 2.24) is 15.6 Å². The summed E-state index contributed by atoms with van der Waals surface area (Å²) in [4.78, 5) is 11.2. The van der Waals surface area contributed by atoms with Crippen LogP contribution in [0.2, 0.25) is 0 Å². The van der Waals surface area contributed by atoms with Crippen LogP contribution in [0.5, 0.6) is 0 Å². The van der Waals surface area contributed by atoms with Gasteiger partial charge >= 0.3 is 0 Å². The van der Waals surface area contributed by atoms with Crippen molar-refractivity contribution in [1.29, 1.82) is 0 Å². The Morgan fingerprint density at radius 1 is 1.08 bits per heavy atom. The zero-order valence-corrected chi connectivity index (χ0v) is 17.9. The molecule has 26 heavy (non-hydrogen) atoms. The largest absolute Gasteiger partial charge is 0.357 e. The Morgan fingerprint density at radius 2 is 1.81 bits per heavy atom. The topological polar surface area (TPSA) is 52.6 Å². The van der Waals surface area contributed by atoms with E-state index in [1.807, 2.05) is 6.20 Å². The maximum atomic E-state index is 4.59. The summed E-state index contributed by atoms with van der Waals surface area (Å²) in [7, 11) is 1.79. The second-order valence-corrected chi connectivity index (χ2v) is 6.49. The Labute approximate surface area is 173 Å². The van der Waals surface area contributed by atoms with Gasteiger partial charge in [-0.15, -0.1) is 24.0 Å². The first-order valence-electron chi connectivity index (χ1n) is 8.94. The third-order valence-electron chi connectivity index (χ3n) is 4.47. The number of hydrogen-bond donors (Lipinski definition) is 2. The maximum absolute atomic E-state index is 4.59. The van der Waals surface area contributed by atoms with E-state index in [0.29, 0.717) is 6.54 Å². The van der Waals surface area contributed by atoms with Crippen LogP contribution in [-0.2, 0) is 13.1 Å². The number of pyridine rings is 1. The van der Waals surface area contributed by atoms with Gasteiger partial charge in [0.25, 0.3) is 0 Å². The molecule has 2 heterocycles. The first kappa shape index (κ1) is 20.5. The molecule has 2 N–H and O–H groups in total. The molecule has 0 bridgehead atoms. The number of nitrogens with one attached hydrogen (secondary N) is 2. The summed E-state index contributed by atoms with van der Waals surface area (Å²) in [5.74, 6) is 1.88. The summed E-state index contributed by atoms with van der Waals surface area (Å²) < 4.78 is 0. The van der Waals surface area contributed by atoms with Gasteiger partial charge in [-0.2, -0.15) is 0 Å². The van der Waals surface area contributed by atoms with E-state index < -0.39 is 0 Å². The van der Waals surface area contributed by atoms with Crippen molar-refractivity contribution < 1.29 is 0 Å². The fourth-order valence-electron chi connectivity index (χ4n) is 3.07.